The van der Waals surface area contributed by atoms with E-state index in [1.165, 1.54) is 0 Å². The molecule has 0 bridgehead atoms. The van der Waals surface area contributed by atoms with E-state index in [0.29, 0.717) is 16.9 Å². The fraction of sp³-hybridized carbons (Fsp3) is 0.333. The molecule has 4 rings (SSSR count). The minimum Gasteiger partial charge on any atom is -0.491 e. The van der Waals surface area contributed by atoms with Gasteiger partial charge in [-0.25, -0.2) is 5.10 Å². The third-order valence-corrected chi connectivity index (χ3v) is 4.84. The summed E-state index contributed by atoms with van der Waals surface area (Å²) in [5.74, 6) is 1.40. The Balaban J connectivity index is 1.59. The highest BCUT2D eigenvalue weighted by Crippen LogP contribution is 2.40. The Kier molecular flexibility index (Phi) is 5.37. The maximum Gasteiger partial charge on any atom is 0.254 e. The first kappa shape index (κ1) is 19.8. The maximum atomic E-state index is 13.2. The highest BCUT2D eigenvalue weighted by atomic mass is 16.6. The summed E-state index contributed by atoms with van der Waals surface area (Å²) in [6.45, 7) is 4.14. The van der Waals surface area contributed by atoms with Crippen LogP contribution in [-0.2, 0) is 5.72 Å². The van der Waals surface area contributed by atoms with Crippen LogP contribution in [0, 0.1) is 0 Å². The molecule has 9 nitrogen and oxygen atoms in total. The van der Waals surface area contributed by atoms with Gasteiger partial charge in [-0.15, -0.1) is 5.10 Å². The van der Waals surface area contributed by atoms with E-state index in [9.17, 15) is 4.79 Å². The summed E-state index contributed by atoms with van der Waals surface area (Å²) in [5.41, 5.74) is 5.69. The van der Waals surface area contributed by atoms with Crippen LogP contribution in [0.2, 0.25) is 0 Å². The molecule has 0 saturated carbocycles. The second kappa shape index (κ2) is 8.11. The fourth-order valence-electron chi connectivity index (χ4n) is 3.30. The van der Waals surface area contributed by atoms with Crippen molar-refractivity contribution >= 4 is 5.78 Å². The second-order valence-electron chi connectivity index (χ2n) is 7.23. The Bertz CT molecular complexity index is 1020. The number of H-pyrrole nitrogens is 1. The van der Waals surface area contributed by atoms with E-state index in [2.05, 4.69) is 27.5 Å². The number of benzene rings is 2. The number of aromatic nitrogens is 4. The molecule has 30 heavy (non-hydrogen) atoms. The van der Waals surface area contributed by atoms with E-state index in [1.807, 2.05) is 6.92 Å². The highest BCUT2D eigenvalue weighted by molar-refractivity contribution is 6.11. The summed E-state index contributed by atoms with van der Waals surface area (Å²) < 4.78 is 17.6. The smallest absolute Gasteiger partial charge is 0.254 e. The first-order valence-corrected chi connectivity index (χ1v) is 9.79. The number of carbonyl (C=O) groups excluding carboxylic acids is 1. The maximum absolute atomic E-state index is 13.2. The van der Waals surface area contributed by atoms with Gasteiger partial charge in [-0.2, -0.15) is 0 Å². The Hall–Kier alpha value is -3.46. The van der Waals surface area contributed by atoms with E-state index in [0.717, 1.165) is 18.6 Å². The van der Waals surface area contributed by atoms with Crippen LogP contribution in [-0.4, -0.2) is 39.1 Å². The lowest BCUT2D eigenvalue weighted by molar-refractivity contribution is -0.0154. The van der Waals surface area contributed by atoms with E-state index in [1.54, 1.807) is 42.5 Å². The summed E-state index contributed by atoms with van der Waals surface area (Å²) in [5, 5.41) is 13.5. The molecule has 0 spiro atoms. The van der Waals surface area contributed by atoms with Gasteiger partial charge in [-0.05, 0) is 60.2 Å². The van der Waals surface area contributed by atoms with E-state index in [4.69, 9.17) is 19.9 Å². The molecule has 0 saturated heterocycles. The highest BCUT2D eigenvalue weighted by Gasteiger charge is 2.41. The van der Waals surface area contributed by atoms with Crippen molar-refractivity contribution in [3.8, 4) is 17.2 Å². The number of para-hydroxylation sites is 1. The molecule has 0 radical (unpaired) electrons. The zero-order chi connectivity index (χ0) is 21.1. The summed E-state index contributed by atoms with van der Waals surface area (Å²) in [6.07, 6.45) is 2.13. The Morgan fingerprint density at radius 3 is 2.80 bits per heavy atom. The Morgan fingerprint density at radius 1 is 1.30 bits per heavy atom. The summed E-state index contributed by atoms with van der Waals surface area (Å²) in [7, 11) is 0. The van der Waals surface area contributed by atoms with Crippen molar-refractivity contribution in [2.75, 3.05) is 6.61 Å². The van der Waals surface area contributed by atoms with Crippen molar-refractivity contribution in [3.63, 3.8) is 0 Å². The van der Waals surface area contributed by atoms with Crippen LogP contribution in [0.4, 0.5) is 0 Å². The van der Waals surface area contributed by atoms with Crippen molar-refractivity contribution in [1.82, 2.24) is 20.6 Å². The van der Waals surface area contributed by atoms with Crippen molar-refractivity contribution < 1.29 is 19.0 Å². The lowest BCUT2D eigenvalue weighted by Crippen LogP contribution is -2.51. The minimum atomic E-state index is -1.43. The van der Waals surface area contributed by atoms with Crippen LogP contribution >= 0.6 is 0 Å². The van der Waals surface area contributed by atoms with Gasteiger partial charge in [-0.3, -0.25) is 10.5 Å². The van der Waals surface area contributed by atoms with Gasteiger partial charge in [-0.1, -0.05) is 19.4 Å². The number of aromatic amines is 1. The molecule has 1 aliphatic heterocycles. The van der Waals surface area contributed by atoms with Crippen molar-refractivity contribution in [3.05, 3.63) is 59.4 Å². The third-order valence-electron chi connectivity index (χ3n) is 4.84. The van der Waals surface area contributed by atoms with Crippen LogP contribution in [0.3, 0.4) is 0 Å². The Morgan fingerprint density at radius 2 is 2.10 bits per heavy atom. The standard InChI is InChI=1S/C21H23N5O4/c1-3-5-13(2)29-15-10-8-14(9-11-15)18(27)16-6-4-7-17-19(16)30-21(22,12-28-17)20-23-25-26-24-20/h4,6-11,13H,3,5,12,22H2,1-2H3,(H,23,24,25,26). The first-order valence-electron chi connectivity index (χ1n) is 9.79. The average Bonchev–Trinajstić information content (AvgIpc) is 3.29. The number of nitrogens with one attached hydrogen (secondary N) is 1. The van der Waals surface area contributed by atoms with Crippen molar-refractivity contribution in [2.45, 2.75) is 38.5 Å². The zero-order valence-corrected chi connectivity index (χ0v) is 16.8. The molecule has 0 amide bonds. The summed E-state index contributed by atoms with van der Waals surface area (Å²) in [6, 6.07) is 12.2. The number of carbonyl (C=O) groups is 1. The van der Waals surface area contributed by atoms with E-state index >= 15 is 0 Å². The second-order valence-corrected chi connectivity index (χ2v) is 7.23. The number of ether oxygens (including phenoxy) is 3. The molecule has 2 unspecified atom stereocenters. The average molecular weight is 409 g/mol. The number of rotatable bonds is 7. The number of hydrogen-bond acceptors (Lipinski definition) is 8. The van der Waals surface area contributed by atoms with Crippen LogP contribution in [0.15, 0.2) is 42.5 Å². The summed E-state index contributed by atoms with van der Waals surface area (Å²) in [4.78, 5) is 13.2. The van der Waals surface area contributed by atoms with Crippen LogP contribution in [0.1, 0.15) is 48.4 Å². The van der Waals surface area contributed by atoms with Crippen LogP contribution < -0.4 is 19.9 Å². The molecular formula is C21H23N5O4. The predicted molar refractivity (Wildman–Crippen MR) is 107 cm³/mol. The van der Waals surface area contributed by atoms with E-state index < -0.39 is 5.72 Å². The topological polar surface area (TPSA) is 125 Å². The number of nitrogens with zero attached hydrogens (tertiary/aromatic N) is 3. The van der Waals surface area contributed by atoms with E-state index in [-0.39, 0.29) is 30.1 Å². The van der Waals surface area contributed by atoms with Crippen LogP contribution in [0.25, 0.3) is 0 Å². The number of hydrogen-bond donors (Lipinski definition) is 2. The lowest BCUT2D eigenvalue weighted by atomic mass is 10.0. The number of tetrazole rings is 1. The molecule has 0 fully saturated rings. The van der Waals surface area contributed by atoms with Gasteiger partial charge in [0.15, 0.2) is 17.3 Å². The zero-order valence-electron chi connectivity index (χ0n) is 16.8. The third kappa shape index (κ3) is 3.84. The SMILES string of the molecule is CCCC(C)Oc1ccc(C(=O)c2cccc3c2OC(N)(c2nnn[nH]2)CO3)cc1. The number of fused-ring (bicyclic) bond motifs is 1. The first-order chi connectivity index (χ1) is 14.5. The quantitative estimate of drug-likeness (QED) is 0.571. The molecule has 1 aliphatic rings. The molecule has 2 aromatic carbocycles. The molecule has 0 aliphatic carbocycles. The van der Waals surface area contributed by atoms with Crippen molar-refractivity contribution in [2.24, 2.45) is 5.73 Å². The molecule has 156 valence electrons. The van der Waals surface area contributed by atoms with Gasteiger partial charge in [0.2, 0.25) is 5.82 Å². The fourth-order valence-corrected chi connectivity index (χ4v) is 3.30. The molecule has 3 N–H and O–H groups in total. The lowest BCUT2D eigenvalue weighted by Gasteiger charge is -2.33. The van der Waals surface area contributed by atoms with Gasteiger partial charge in [0.25, 0.3) is 5.72 Å². The molecule has 1 aromatic heterocycles. The van der Waals surface area contributed by atoms with Crippen LogP contribution in [0.5, 0.6) is 17.2 Å². The summed E-state index contributed by atoms with van der Waals surface area (Å²) >= 11 is 0. The molecular weight excluding hydrogens is 386 g/mol. The Labute approximate surface area is 173 Å². The van der Waals surface area contributed by atoms with Gasteiger partial charge >= 0.3 is 0 Å². The van der Waals surface area contributed by atoms with Gasteiger partial charge < -0.3 is 14.2 Å². The van der Waals surface area contributed by atoms with Gasteiger partial charge in [0, 0.05) is 5.56 Å². The van der Waals surface area contributed by atoms with Gasteiger partial charge in [0.1, 0.15) is 12.4 Å². The largest absolute Gasteiger partial charge is 0.491 e. The molecule has 9 heteroatoms. The molecule has 3 aromatic rings. The number of ketones is 1. The van der Waals surface area contributed by atoms with Crippen molar-refractivity contribution in [1.29, 1.82) is 0 Å². The number of nitrogens with two attached hydrogens (primary N) is 1. The van der Waals surface area contributed by atoms with Gasteiger partial charge in [0.05, 0.1) is 11.7 Å². The predicted octanol–water partition coefficient (Wildman–Crippen LogP) is 2.58. The minimum absolute atomic E-state index is 0.00347. The molecule has 2 atom stereocenters. The normalized spacial score (nSPS) is 18.6. The monoisotopic (exact) mass is 409 g/mol. The molecule has 2 heterocycles.